The number of thiophene rings is 1. The summed E-state index contributed by atoms with van der Waals surface area (Å²) in [5.41, 5.74) is 14.1. The van der Waals surface area contributed by atoms with Crippen LogP contribution in [-0.2, 0) is 0 Å². The Hall–Kier alpha value is -7.72. The lowest BCUT2D eigenvalue weighted by molar-refractivity contribution is 1.18. The van der Waals surface area contributed by atoms with Crippen molar-refractivity contribution in [1.82, 2.24) is 4.57 Å². The van der Waals surface area contributed by atoms with E-state index in [-0.39, 0.29) is 0 Å². The van der Waals surface area contributed by atoms with Crippen molar-refractivity contribution in [2.45, 2.75) is 0 Å². The third-order valence-electron chi connectivity index (χ3n) is 12.2. The number of hydrogen-bond donors (Lipinski definition) is 0. The Bertz CT molecular complexity index is 3560. The number of hydrogen-bond acceptors (Lipinski definition) is 2. The van der Waals surface area contributed by atoms with E-state index in [1.807, 2.05) is 11.3 Å². The summed E-state index contributed by atoms with van der Waals surface area (Å²) in [5.74, 6) is 0. The molecule has 10 aromatic carbocycles. The maximum atomic E-state index is 2.39. The van der Waals surface area contributed by atoms with E-state index in [0.29, 0.717) is 0 Å². The van der Waals surface area contributed by atoms with Crippen molar-refractivity contribution in [1.29, 1.82) is 0 Å². The number of aromatic nitrogens is 1. The van der Waals surface area contributed by atoms with E-state index >= 15 is 0 Å². The summed E-state index contributed by atoms with van der Waals surface area (Å²) in [6.07, 6.45) is 0. The molecule has 0 amide bonds. The normalized spacial score (nSPS) is 11.6. The first-order valence-electron chi connectivity index (χ1n) is 20.8. The number of benzene rings is 10. The zero-order valence-electron chi connectivity index (χ0n) is 33.2. The molecule has 61 heavy (non-hydrogen) atoms. The maximum absolute atomic E-state index is 2.39. The Kier molecular flexibility index (Phi) is 8.39. The van der Waals surface area contributed by atoms with Crippen LogP contribution >= 0.6 is 11.3 Å². The van der Waals surface area contributed by atoms with Crippen LogP contribution in [0, 0.1) is 0 Å². The molecule has 0 spiro atoms. The van der Waals surface area contributed by atoms with Crippen LogP contribution < -0.4 is 4.90 Å². The Labute approximate surface area is 358 Å². The molecule has 0 aliphatic rings. The predicted molar refractivity (Wildman–Crippen MR) is 262 cm³/mol. The van der Waals surface area contributed by atoms with Gasteiger partial charge in [0.2, 0.25) is 0 Å². The van der Waals surface area contributed by atoms with E-state index in [1.54, 1.807) is 0 Å². The molecule has 0 atom stereocenters. The molecule has 286 valence electrons. The van der Waals surface area contributed by atoms with Crippen molar-refractivity contribution >= 4 is 81.1 Å². The van der Waals surface area contributed by atoms with Crippen LogP contribution in [0.1, 0.15) is 0 Å². The van der Waals surface area contributed by atoms with Gasteiger partial charge in [-0.3, -0.25) is 0 Å². The van der Waals surface area contributed by atoms with E-state index < -0.39 is 0 Å². The van der Waals surface area contributed by atoms with Crippen molar-refractivity contribution < 1.29 is 0 Å². The van der Waals surface area contributed by atoms with Crippen molar-refractivity contribution in [2.24, 2.45) is 0 Å². The number of anilines is 3. The van der Waals surface area contributed by atoms with Gasteiger partial charge in [-0.05, 0) is 129 Å². The second kappa shape index (κ2) is 14.5. The number of nitrogens with zero attached hydrogens (tertiary/aromatic N) is 2. The molecule has 0 radical (unpaired) electrons. The summed E-state index contributed by atoms with van der Waals surface area (Å²) in [4.78, 5) is 2.37. The number of rotatable bonds is 7. The van der Waals surface area contributed by atoms with Crippen molar-refractivity contribution in [2.75, 3.05) is 4.90 Å². The van der Waals surface area contributed by atoms with E-state index in [2.05, 4.69) is 240 Å². The summed E-state index contributed by atoms with van der Waals surface area (Å²) in [6, 6.07) is 84.2. The Balaban J connectivity index is 0.907. The van der Waals surface area contributed by atoms with Crippen molar-refractivity contribution in [3.05, 3.63) is 231 Å². The summed E-state index contributed by atoms with van der Waals surface area (Å²) in [6.45, 7) is 0. The van der Waals surface area contributed by atoms with Crippen LogP contribution in [0.25, 0.3) is 91.8 Å². The summed E-state index contributed by atoms with van der Waals surface area (Å²) < 4.78 is 5.04. The molecule has 12 aromatic rings. The molecule has 2 nitrogen and oxygen atoms in total. The second-order valence-electron chi connectivity index (χ2n) is 15.8. The minimum atomic E-state index is 1.11. The number of para-hydroxylation sites is 1. The molecule has 0 N–H and O–H groups in total. The van der Waals surface area contributed by atoms with Crippen LogP contribution in [0.15, 0.2) is 231 Å². The van der Waals surface area contributed by atoms with Gasteiger partial charge in [0.05, 0.1) is 11.0 Å². The lowest BCUT2D eigenvalue weighted by Crippen LogP contribution is -2.09. The highest BCUT2D eigenvalue weighted by molar-refractivity contribution is 7.25. The summed E-state index contributed by atoms with van der Waals surface area (Å²) in [5, 5.41) is 7.58. The minimum absolute atomic E-state index is 1.11. The summed E-state index contributed by atoms with van der Waals surface area (Å²) in [7, 11) is 0. The molecule has 0 aliphatic heterocycles. The Morgan fingerprint density at radius 3 is 1.56 bits per heavy atom. The zero-order chi connectivity index (χ0) is 40.3. The topological polar surface area (TPSA) is 8.17 Å². The minimum Gasteiger partial charge on any atom is -0.310 e. The molecule has 0 bridgehead atoms. The van der Waals surface area contributed by atoms with Crippen LogP contribution in [0.5, 0.6) is 0 Å². The van der Waals surface area contributed by atoms with Crippen molar-refractivity contribution in [3.8, 4) is 39.1 Å². The first kappa shape index (κ1) is 35.2. The second-order valence-corrected chi connectivity index (χ2v) is 16.9. The molecule has 0 fully saturated rings. The highest BCUT2D eigenvalue weighted by Crippen LogP contribution is 2.41. The van der Waals surface area contributed by atoms with Crippen LogP contribution in [-0.4, -0.2) is 4.57 Å². The van der Waals surface area contributed by atoms with Gasteiger partial charge in [0, 0.05) is 53.7 Å². The lowest BCUT2D eigenvalue weighted by Gasteiger charge is -2.26. The predicted octanol–water partition coefficient (Wildman–Crippen LogP) is 16.8. The van der Waals surface area contributed by atoms with Gasteiger partial charge in [0.15, 0.2) is 0 Å². The van der Waals surface area contributed by atoms with Gasteiger partial charge in [0.25, 0.3) is 0 Å². The van der Waals surface area contributed by atoms with Gasteiger partial charge < -0.3 is 9.47 Å². The van der Waals surface area contributed by atoms with Crippen LogP contribution in [0.4, 0.5) is 17.1 Å². The third-order valence-corrected chi connectivity index (χ3v) is 13.3. The summed E-state index contributed by atoms with van der Waals surface area (Å²) >= 11 is 1.86. The average Bonchev–Trinajstić information content (AvgIpc) is 3.87. The fourth-order valence-electron chi connectivity index (χ4n) is 9.14. The first-order chi connectivity index (χ1) is 30.2. The largest absolute Gasteiger partial charge is 0.310 e. The van der Waals surface area contributed by atoms with E-state index in [0.717, 1.165) is 22.7 Å². The fourth-order valence-corrected chi connectivity index (χ4v) is 10.2. The average molecular weight is 795 g/mol. The standard InChI is InChI=1S/C58H38N2S/c1-2-10-39(11-3-1)41-18-31-49(32-19-41)60-55-16-8-6-14-51(55)53-37-45(25-34-56(53)60)42-20-27-47(28-21-42)59(50-33-24-40-12-4-5-13-44(40)36-50)48-29-22-43(23-30-48)46-26-35-58-54(38-46)52-15-7-9-17-57(52)61-58/h1-38H. The molecular weight excluding hydrogens is 757 g/mol. The maximum Gasteiger partial charge on any atom is 0.0541 e. The van der Waals surface area contributed by atoms with Gasteiger partial charge in [0.1, 0.15) is 0 Å². The highest BCUT2D eigenvalue weighted by Gasteiger charge is 2.17. The van der Waals surface area contributed by atoms with Crippen molar-refractivity contribution in [3.63, 3.8) is 0 Å². The highest BCUT2D eigenvalue weighted by atomic mass is 32.1. The molecule has 12 rings (SSSR count). The molecule has 3 heteroatoms. The zero-order valence-corrected chi connectivity index (χ0v) is 34.1. The molecule has 0 saturated heterocycles. The van der Waals surface area contributed by atoms with E-state index in [9.17, 15) is 0 Å². The van der Waals surface area contributed by atoms with Gasteiger partial charge in [-0.25, -0.2) is 0 Å². The molecule has 0 unspecified atom stereocenters. The number of fused-ring (bicyclic) bond motifs is 7. The SMILES string of the molecule is c1ccc(-c2ccc(-n3c4ccccc4c4cc(-c5ccc(N(c6ccc(-c7ccc8sc9ccccc9c8c7)cc6)c6ccc7ccccc7c6)cc5)ccc43)cc2)cc1. The monoisotopic (exact) mass is 794 g/mol. The van der Waals surface area contributed by atoms with Crippen LogP contribution in [0.2, 0.25) is 0 Å². The van der Waals surface area contributed by atoms with Gasteiger partial charge in [-0.15, -0.1) is 11.3 Å². The lowest BCUT2D eigenvalue weighted by atomic mass is 10.0. The fraction of sp³-hybridized carbons (Fsp3) is 0. The molecule has 2 aromatic heterocycles. The van der Waals surface area contributed by atoms with Crippen LogP contribution in [0.3, 0.4) is 0 Å². The smallest absolute Gasteiger partial charge is 0.0541 e. The van der Waals surface area contributed by atoms with Gasteiger partial charge in [-0.1, -0.05) is 146 Å². The molecule has 0 aliphatic carbocycles. The van der Waals surface area contributed by atoms with Gasteiger partial charge >= 0.3 is 0 Å². The molecular formula is C58H38N2S. The quantitative estimate of drug-likeness (QED) is 0.156. The molecule has 0 saturated carbocycles. The first-order valence-corrected chi connectivity index (χ1v) is 21.6. The van der Waals surface area contributed by atoms with Gasteiger partial charge in [-0.2, -0.15) is 0 Å². The van der Waals surface area contributed by atoms with E-state index in [4.69, 9.17) is 0 Å². The van der Waals surface area contributed by atoms with E-state index in [1.165, 1.54) is 86.1 Å². The Morgan fingerprint density at radius 2 is 0.803 bits per heavy atom. The third kappa shape index (κ3) is 6.18. The Morgan fingerprint density at radius 1 is 0.295 bits per heavy atom. The molecule has 2 heterocycles.